The predicted molar refractivity (Wildman–Crippen MR) is 71.0 cm³/mol. The maximum Gasteiger partial charge on any atom is 0.317 e. The molecule has 1 saturated heterocycles. The molecular weight excluding hydrogens is 230 g/mol. The number of carbonyl (C=O) groups excluding carboxylic acids is 2. The summed E-state index contributed by atoms with van der Waals surface area (Å²) >= 11 is 0. The van der Waals surface area contributed by atoms with Crippen molar-refractivity contribution < 1.29 is 9.59 Å². The monoisotopic (exact) mass is 255 g/mol. The fraction of sp³-hybridized carbons (Fsp3) is 0.846. The summed E-state index contributed by atoms with van der Waals surface area (Å²) in [6, 6.07) is -0.0848. The first-order chi connectivity index (χ1) is 8.33. The van der Waals surface area contributed by atoms with Crippen LogP contribution in [0.4, 0.5) is 4.79 Å². The van der Waals surface area contributed by atoms with E-state index in [1.54, 1.807) is 13.8 Å². The quantitative estimate of drug-likeness (QED) is 0.798. The average Bonchev–Trinajstić information content (AvgIpc) is 2.51. The van der Waals surface area contributed by atoms with Crippen LogP contribution in [-0.2, 0) is 4.79 Å². The van der Waals surface area contributed by atoms with E-state index in [2.05, 4.69) is 12.2 Å². The number of carbonyl (C=O) groups is 2. The summed E-state index contributed by atoms with van der Waals surface area (Å²) in [5.41, 5.74) is 4.57. The third-order valence-electron chi connectivity index (χ3n) is 3.65. The minimum atomic E-state index is -0.700. The Bertz CT molecular complexity index is 315. The molecule has 104 valence electrons. The van der Waals surface area contributed by atoms with Gasteiger partial charge in [0.1, 0.15) is 0 Å². The van der Waals surface area contributed by atoms with Gasteiger partial charge in [-0.25, -0.2) is 4.79 Å². The largest absolute Gasteiger partial charge is 0.369 e. The van der Waals surface area contributed by atoms with Crippen molar-refractivity contribution in [1.82, 2.24) is 10.2 Å². The maximum atomic E-state index is 12.0. The van der Waals surface area contributed by atoms with Crippen LogP contribution >= 0.6 is 0 Å². The second kappa shape index (κ2) is 6.07. The summed E-state index contributed by atoms with van der Waals surface area (Å²) in [4.78, 5) is 25.0. The highest BCUT2D eigenvalue weighted by Gasteiger charge is 2.27. The van der Waals surface area contributed by atoms with Gasteiger partial charge < -0.3 is 16.0 Å². The van der Waals surface area contributed by atoms with E-state index in [-0.39, 0.29) is 12.6 Å². The number of hydrogen-bond donors (Lipinski definition) is 2. The smallest absolute Gasteiger partial charge is 0.317 e. The maximum absolute atomic E-state index is 12.0. The predicted octanol–water partition coefficient (Wildman–Crippen LogP) is 1.33. The molecule has 1 heterocycles. The van der Waals surface area contributed by atoms with E-state index < -0.39 is 11.3 Å². The van der Waals surface area contributed by atoms with E-state index in [9.17, 15) is 9.59 Å². The first kappa shape index (κ1) is 14.8. The molecule has 3 amide bonds. The van der Waals surface area contributed by atoms with Crippen LogP contribution in [0.2, 0.25) is 0 Å². The zero-order valence-corrected chi connectivity index (χ0v) is 11.7. The van der Waals surface area contributed by atoms with Crippen LogP contribution in [0.15, 0.2) is 0 Å². The van der Waals surface area contributed by atoms with Gasteiger partial charge in [-0.1, -0.05) is 6.92 Å². The SMILES string of the molecule is CC1CCCN(C(=O)NCC(C)(C)C(N)=O)CC1. The third-order valence-corrected chi connectivity index (χ3v) is 3.65. The fourth-order valence-electron chi connectivity index (χ4n) is 1.96. The Balaban J connectivity index is 2.43. The van der Waals surface area contributed by atoms with E-state index >= 15 is 0 Å². The molecule has 0 bridgehead atoms. The Hall–Kier alpha value is -1.26. The first-order valence-corrected chi connectivity index (χ1v) is 6.65. The zero-order valence-electron chi connectivity index (χ0n) is 11.7. The Morgan fingerprint density at radius 3 is 2.61 bits per heavy atom. The summed E-state index contributed by atoms with van der Waals surface area (Å²) in [5.74, 6) is 0.289. The van der Waals surface area contributed by atoms with Gasteiger partial charge in [-0.15, -0.1) is 0 Å². The highest BCUT2D eigenvalue weighted by Crippen LogP contribution is 2.17. The van der Waals surface area contributed by atoms with Crippen molar-refractivity contribution in [2.24, 2.45) is 17.1 Å². The van der Waals surface area contributed by atoms with Crippen molar-refractivity contribution in [2.45, 2.75) is 40.0 Å². The molecule has 1 fully saturated rings. The molecule has 1 rings (SSSR count). The van der Waals surface area contributed by atoms with E-state index in [0.29, 0.717) is 5.92 Å². The van der Waals surface area contributed by atoms with Crippen LogP contribution in [0, 0.1) is 11.3 Å². The van der Waals surface area contributed by atoms with E-state index in [1.165, 1.54) is 6.42 Å². The van der Waals surface area contributed by atoms with E-state index in [0.717, 1.165) is 25.9 Å². The molecule has 0 aromatic heterocycles. The zero-order chi connectivity index (χ0) is 13.8. The standard InChI is InChI=1S/C13H25N3O2/c1-10-5-4-7-16(8-6-10)12(18)15-9-13(2,3)11(14)17/h10H,4-9H2,1-3H3,(H2,14,17)(H,15,18). The molecule has 0 spiro atoms. The number of hydrogen-bond acceptors (Lipinski definition) is 2. The summed E-state index contributed by atoms with van der Waals surface area (Å²) in [6.07, 6.45) is 3.27. The number of urea groups is 1. The van der Waals surface area contributed by atoms with E-state index in [4.69, 9.17) is 5.73 Å². The number of nitrogens with one attached hydrogen (secondary N) is 1. The number of rotatable bonds is 3. The highest BCUT2D eigenvalue weighted by molar-refractivity contribution is 5.81. The Morgan fingerprint density at radius 1 is 1.33 bits per heavy atom. The van der Waals surface area contributed by atoms with Crippen LogP contribution in [0.25, 0.3) is 0 Å². The van der Waals surface area contributed by atoms with Gasteiger partial charge in [-0.05, 0) is 39.0 Å². The fourth-order valence-corrected chi connectivity index (χ4v) is 1.96. The minimum Gasteiger partial charge on any atom is -0.369 e. The molecule has 1 aliphatic rings. The van der Waals surface area contributed by atoms with E-state index in [1.807, 2.05) is 4.90 Å². The number of primary amides is 1. The Kier molecular flexibility index (Phi) is 4.99. The van der Waals surface area contributed by atoms with Crippen molar-refractivity contribution in [1.29, 1.82) is 0 Å². The molecular formula is C13H25N3O2. The summed E-state index contributed by atoms with van der Waals surface area (Å²) in [5, 5.41) is 2.80. The summed E-state index contributed by atoms with van der Waals surface area (Å²) < 4.78 is 0. The number of amides is 3. The normalized spacial score (nSPS) is 21.3. The summed E-state index contributed by atoms with van der Waals surface area (Å²) in [6.45, 7) is 7.57. The second-order valence-corrected chi connectivity index (χ2v) is 5.93. The van der Waals surface area contributed by atoms with Gasteiger partial charge in [0, 0.05) is 19.6 Å². The molecule has 1 atom stereocenters. The van der Waals surface area contributed by atoms with Crippen molar-refractivity contribution in [3.05, 3.63) is 0 Å². The van der Waals surface area contributed by atoms with Gasteiger partial charge in [0.2, 0.25) is 5.91 Å². The molecule has 3 N–H and O–H groups in total. The number of nitrogens with zero attached hydrogens (tertiary/aromatic N) is 1. The Labute approximate surface area is 109 Å². The molecule has 1 unspecified atom stereocenters. The first-order valence-electron chi connectivity index (χ1n) is 6.65. The molecule has 0 aromatic rings. The molecule has 0 aliphatic carbocycles. The number of nitrogens with two attached hydrogens (primary N) is 1. The van der Waals surface area contributed by atoms with Gasteiger partial charge in [-0.2, -0.15) is 0 Å². The van der Waals surface area contributed by atoms with Crippen molar-refractivity contribution in [3.8, 4) is 0 Å². The van der Waals surface area contributed by atoms with Gasteiger partial charge in [0.25, 0.3) is 0 Å². The van der Waals surface area contributed by atoms with Crippen LogP contribution < -0.4 is 11.1 Å². The second-order valence-electron chi connectivity index (χ2n) is 5.93. The van der Waals surface area contributed by atoms with Crippen LogP contribution in [0.3, 0.4) is 0 Å². The molecule has 5 nitrogen and oxygen atoms in total. The molecule has 0 radical (unpaired) electrons. The lowest BCUT2D eigenvalue weighted by Gasteiger charge is -2.25. The molecule has 0 saturated carbocycles. The van der Waals surface area contributed by atoms with Crippen LogP contribution in [0.5, 0.6) is 0 Å². The minimum absolute atomic E-state index is 0.0848. The van der Waals surface area contributed by atoms with Gasteiger partial charge >= 0.3 is 6.03 Å². The number of likely N-dealkylation sites (tertiary alicyclic amines) is 1. The van der Waals surface area contributed by atoms with Gasteiger partial charge in [0.05, 0.1) is 5.41 Å². The molecule has 18 heavy (non-hydrogen) atoms. The van der Waals surface area contributed by atoms with Crippen LogP contribution in [0.1, 0.15) is 40.0 Å². The van der Waals surface area contributed by atoms with Crippen molar-refractivity contribution in [3.63, 3.8) is 0 Å². The van der Waals surface area contributed by atoms with Gasteiger partial charge in [0.15, 0.2) is 0 Å². The molecule has 0 aromatic carbocycles. The third kappa shape index (κ3) is 4.20. The molecule has 1 aliphatic heterocycles. The summed E-state index contributed by atoms with van der Waals surface area (Å²) in [7, 11) is 0. The molecule has 5 heteroatoms. The van der Waals surface area contributed by atoms with Gasteiger partial charge in [-0.3, -0.25) is 4.79 Å². The lowest BCUT2D eigenvalue weighted by Crippen LogP contribution is -2.47. The Morgan fingerprint density at radius 2 is 2.00 bits per heavy atom. The average molecular weight is 255 g/mol. The van der Waals surface area contributed by atoms with Crippen molar-refractivity contribution >= 4 is 11.9 Å². The van der Waals surface area contributed by atoms with Crippen LogP contribution in [-0.4, -0.2) is 36.5 Å². The lowest BCUT2D eigenvalue weighted by atomic mass is 9.93. The van der Waals surface area contributed by atoms with Crippen molar-refractivity contribution in [2.75, 3.05) is 19.6 Å². The topological polar surface area (TPSA) is 75.4 Å². The highest BCUT2D eigenvalue weighted by atomic mass is 16.2. The lowest BCUT2D eigenvalue weighted by molar-refractivity contribution is -0.125.